The van der Waals surface area contributed by atoms with Gasteiger partial charge in [-0.3, -0.25) is 4.79 Å². The van der Waals surface area contributed by atoms with E-state index < -0.39 is 0 Å². The molecule has 17 heavy (non-hydrogen) atoms. The maximum atomic E-state index is 11.2. The molecule has 5 heteroatoms. The van der Waals surface area contributed by atoms with Gasteiger partial charge < -0.3 is 21.1 Å². The number of ether oxygens (including phenoxy) is 1. The third-order valence-electron chi connectivity index (χ3n) is 3.23. The Bertz CT molecular complexity index is 487. The Morgan fingerprint density at radius 3 is 3.00 bits per heavy atom. The summed E-state index contributed by atoms with van der Waals surface area (Å²) in [5.41, 5.74) is 8.15. The molecule has 0 spiro atoms. The van der Waals surface area contributed by atoms with Crippen LogP contribution in [-0.4, -0.2) is 18.6 Å². The SMILES string of the molecule is CC1CC1Nc1cc2c(cc1N)OCC(=O)N2. The summed E-state index contributed by atoms with van der Waals surface area (Å²) in [4.78, 5) is 11.2. The quantitative estimate of drug-likeness (QED) is 0.675. The van der Waals surface area contributed by atoms with Gasteiger partial charge in [-0.2, -0.15) is 0 Å². The highest BCUT2D eigenvalue weighted by Gasteiger charge is 2.33. The zero-order chi connectivity index (χ0) is 12.0. The lowest BCUT2D eigenvalue weighted by Gasteiger charge is -2.20. The summed E-state index contributed by atoms with van der Waals surface area (Å²) in [7, 11) is 0. The van der Waals surface area contributed by atoms with Crippen molar-refractivity contribution in [1.82, 2.24) is 0 Å². The van der Waals surface area contributed by atoms with Gasteiger partial charge in [-0.05, 0) is 18.4 Å². The van der Waals surface area contributed by atoms with Crippen LogP contribution in [0.5, 0.6) is 5.75 Å². The minimum Gasteiger partial charge on any atom is -0.482 e. The zero-order valence-corrected chi connectivity index (χ0v) is 9.62. The second-order valence-electron chi connectivity index (χ2n) is 4.74. The number of nitrogens with one attached hydrogen (secondary N) is 2. The van der Waals surface area contributed by atoms with Crippen molar-refractivity contribution in [3.63, 3.8) is 0 Å². The predicted octanol–water partition coefficient (Wildman–Crippen LogP) is 1.42. The highest BCUT2D eigenvalue weighted by Crippen LogP contribution is 2.39. The van der Waals surface area contributed by atoms with E-state index in [1.54, 1.807) is 6.07 Å². The van der Waals surface area contributed by atoms with E-state index in [9.17, 15) is 4.79 Å². The predicted molar refractivity (Wildman–Crippen MR) is 66.2 cm³/mol. The molecular weight excluding hydrogens is 218 g/mol. The van der Waals surface area contributed by atoms with E-state index in [1.165, 1.54) is 6.42 Å². The van der Waals surface area contributed by atoms with Gasteiger partial charge >= 0.3 is 0 Å². The molecule has 5 nitrogen and oxygen atoms in total. The molecule has 1 amide bonds. The maximum Gasteiger partial charge on any atom is 0.262 e. The summed E-state index contributed by atoms with van der Waals surface area (Å²) < 4.78 is 5.29. The number of hydrogen-bond donors (Lipinski definition) is 3. The van der Waals surface area contributed by atoms with Gasteiger partial charge in [0.05, 0.1) is 17.1 Å². The van der Waals surface area contributed by atoms with Crippen LogP contribution in [0, 0.1) is 5.92 Å². The van der Waals surface area contributed by atoms with Crippen LogP contribution < -0.4 is 21.1 Å². The van der Waals surface area contributed by atoms with Gasteiger partial charge in [0.15, 0.2) is 6.61 Å². The number of nitrogens with two attached hydrogens (primary N) is 1. The van der Waals surface area contributed by atoms with Gasteiger partial charge in [-0.25, -0.2) is 0 Å². The molecule has 1 fully saturated rings. The molecule has 2 unspecified atom stereocenters. The number of fused-ring (bicyclic) bond motifs is 1. The summed E-state index contributed by atoms with van der Waals surface area (Å²) in [6, 6.07) is 4.09. The number of nitrogen functional groups attached to an aromatic ring is 1. The van der Waals surface area contributed by atoms with E-state index in [1.807, 2.05) is 6.07 Å². The number of carbonyl (C=O) groups excluding carboxylic acids is 1. The molecule has 1 aromatic carbocycles. The normalized spacial score (nSPS) is 25.6. The number of hydrogen-bond acceptors (Lipinski definition) is 4. The van der Waals surface area contributed by atoms with Crippen molar-refractivity contribution < 1.29 is 9.53 Å². The molecule has 4 N–H and O–H groups in total. The molecule has 90 valence electrons. The first-order valence-electron chi connectivity index (χ1n) is 5.76. The second-order valence-corrected chi connectivity index (χ2v) is 4.74. The molecule has 2 atom stereocenters. The average Bonchev–Trinajstić information content (AvgIpc) is 2.96. The first-order valence-corrected chi connectivity index (χ1v) is 5.76. The van der Waals surface area contributed by atoms with E-state index in [-0.39, 0.29) is 12.5 Å². The Balaban J connectivity index is 1.88. The van der Waals surface area contributed by atoms with Crippen LogP contribution in [0.15, 0.2) is 12.1 Å². The van der Waals surface area contributed by atoms with Crippen LogP contribution in [0.25, 0.3) is 0 Å². The number of anilines is 3. The second kappa shape index (κ2) is 3.55. The first kappa shape index (κ1) is 10.3. The molecule has 0 radical (unpaired) electrons. The van der Waals surface area contributed by atoms with E-state index in [0.29, 0.717) is 29.1 Å². The molecule has 3 rings (SSSR count). The van der Waals surface area contributed by atoms with Crippen LogP contribution in [0.1, 0.15) is 13.3 Å². The van der Waals surface area contributed by atoms with Gasteiger partial charge in [0.25, 0.3) is 5.91 Å². The minimum atomic E-state index is -0.131. The number of rotatable bonds is 2. The third-order valence-corrected chi connectivity index (χ3v) is 3.23. The third kappa shape index (κ3) is 1.88. The number of carbonyl (C=O) groups is 1. The Kier molecular flexibility index (Phi) is 2.14. The summed E-state index contributed by atoms with van der Waals surface area (Å²) in [5.74, 6) is 1.20. The number of benzene rings is 1. The lowest BCUT2D eigenvalue weighted by molar-refractivity contribution is -0.118. The average molecular weight is 233 g/mol. The van der Waals surface area contributed by atoms with Crippen molar-refractivity contribution in [2.75, 3.05) is 23.0 Å². The van der Waals surface area contributed by atoms with Crippen molar-refractivity contribution in [2.24, 2.45) is 5.92 Å². The topological polar surface area (TPSA) is 76.4 Å². The molecule has 0 bridgehead atoms. The van der Waals surface area contributed by atoms with E-state index in [0.717, 1.165) is 5.69 Å². The largest absolute Gasteiger partial charge is 0.482 e. The summed E-state index contributed by atoms with van der Waals surface area (Å²) in [6.45, 7) is 2.25. The fourth-order valence-corrected chi connectivity index (χ4v) is 1.99. The smallest absolute Gasteiger partial charge is 0.262 e. The van der Waals surface area contributed by atoms with Crippen LogP contribution in [0.2, 0.25) is 0 Å². The molecular formula is C12H15N3O2. The van der Waals surface area contributed by atoms with Crippen molar-refractivity contribution >= 4 is 23.0 Å². The van der Waals surface area contributed by atoms with E-state index in [4.69, 9.17) is 10.5 Å². The molecule has 1 heterocycles. The highest BCUT2D eigenvalue weighted by molar-refractivity contribution is 5.97. The van der Waals surface area contributed by atoms with Gasteiger partial charge in [0.2, 0.25) is 0 Å². The standard InChI is InChI=1S/C12H15N3O2/c1-6-2-8(6)14-9-4-10-11(3-7(9)13)17-5-12(16)15-10/h3-4,6,8,14H,2,5,13H2,1H3,(H,15,16). The van der Waals surface area contributed by atoms with Crippen LogP contribution in [0.3, 0.4) is 0 Å². The molecule has 1 aromatic rings. The Labute approximate surface area is 99.3 Å². The van der Waals surface area contributed by atoms with Crippen molar-refractivity contribution in [3.8, 4) is 5.75 Å². The Morgan fingerprint density at radius 1 is 1.53 bits per heavy atom. The molecule has 2 aliphatic rings. The Morgan fingerprint density at radius 2 is 2.29 bits per heavy atom. The van der Waals surface area contributed by atoms with Crippen molar-refractivity contribution in [3.05, 3.63) is 12.1 Å². The summed E-state index contributed by atoms with van der Waals surface area (Å²) in [6.07, 6.45) is 1.17. The van der Waals surface area contributed by atoms with Gasteiger partial charge in [0.1, 0.15) is 5.75 Å². The van der Waals surface area contributed by atoms with Crippen molar-refractivity contribution in [2.45, 2.75) is 19.4 Å². The minimum absolute atomic E-state index is 0.0544. The summed E-state index contributed by atoms with van der Waals surface area (Å²) in [5, 5.41) is 6.14. The van der Waals surface area contributed by atoms with Crippen LogP contribution >= 0.6 is 0 Å². The van der Waals surface area contributed by atoms with E-state index >= 15 is 0 Å². The molecule has 0 aromatic heterocycles. The fraction of sp³-hybridized carbons (Fsp3) is 0.417. The van der Waals surface area contributed by atoms with Gasteiger partial charge in [0, 0.05) is 12.1 Å². The molecule has 0 saturated heterocycles. The first-order chi connectivity index (χ1) is 8.13. The summed E-state index contributed by atoms with van der Waals surface area (Å²) >= 11 is 0. The maximum absolute atomic E-state index is 11.2. The molecule has 1 saturated carbocycles. The number of amides is 1. The Hall–Kier alpha value is -1.91. The lowest BCUT2D eigenvalue weighted by atomic mass is 10.2. The fourth-order valence-electron chi connectivity index (χ4n) is 1.99. The lowest BCUT2D eigenvalue weighted by Crippen LogP contribution is -2.25. The van der Waals surface area contributed by atoms with E-state index in [2.05, 4.69) is 17.6 Å². The molecule has 1 aliphatic carbocycles. The highest BCUT2D eigenvalue weighted by atomic mass is 16.5. The molecule has 1 aliphatic heterocycles. The van der Waals surface area contributed by atoms with Crippen molar-refractivity contribution in [1.29, 1.82) is 0 Å². The monoisotopic (exact) mass is 233 g/mol. The van der Waals surface area contributed by atoms with Crippen LogP contribution in [0.4, 0.5) is 17.1 Å². The zero-order valence-electron chi connectivity index (χ0n) is 9.62. The van der Waals surface area contributed by atoms with Crippen LogP contribution in [-0.2, 0) is 4.79 Å². The van der Waals surface area contributed by atoms with Gasteiger partial charge in [-0.1, -0.05) is 6.92 Å². The van der Waals surface area contributed by atoms with Gasteiger partial charge in [-0.15, -0.1) is 0 Å².